The number of ether oxygens (including phenoxy) is 1. The molecule has 0 aromatic rings. The summed E-state index contributed by atoms with van der Waals surface area (Å²) >= 11 is 0. The lowest BCUT2D eigenvalue weighted by atomic mass is 10.2. The van der Waals surface area contributed by atoms with Crippen LogP contribution in [0.1, 0.15) is 13.3 Å². The van der Waals surface area contributed by atoms with E-state index in [4.69, 9.17) is 9.99 Å². The van der Waals surface area contributed by atoms with Crippen LogP contribution in [0.5, 0.6) is 0 Å². The largest absolute Gasteiger partial charge is 0.351 e. The van der Waals surface area contributed by atoms with E-state index in [0.29, 0.717) is 6.42 Å². The summed E-state index contributed by atoms with van der Waals surface area (Å²) in [6, 6.07) is 0. The van der Waals surface area contributed by atoms with Crippen LogP contribution >= 0.6 is 0 Å². The number of methoxy groups -OCH3 is 1. The zero-order valence-corrected chi connectivity index (χ0v) is 5.86. The Bertz CT molecular complexity index is 117. The van der Waals surface area contributed by atoms with Crippen molar-refractivity contribution in [3.63, 3.8) is 0 Å². The van der Waals surface area contributed by atoms with Crippen LogP contribution in [0.3, 0.4) is 0 Å². The van der Waals surface area contributed by atoms with Crippen LogP contribution in [-0.4, -0.2) is 24.4 Å². The van der Waals surface area contributed by atoms with Gasteiger partial charge in [-0.2, -0.15) is 9.78 Å². The highest BCUT2D eigenvalue weighted by Crippen LogP contribution is 2.28. The van der Waals surface area contributed by atoms with Crippen LogP contribution in [-0.2, 0) is 19.4 Å². The van der Waals surface area contributed by atoms with Crippen LogP contribution < -0.4 is 0 Å². The van der Waals surface area contributed by atoms with Gasteiger partial charge in [0.15, 0.2) is 0 Å². The molecule has 0 radical (unpaired) electrons. The van der Waals surface area contributed by atoms with Gasteiger partial charge in [-0.05, 0) is 6.92 Å². The first kappa shape index (κ1) is 7.90. The molecule has 1 saturated heterocycles. The molecule has 0 spiro atoms. The van der Waals surface area contributed by atoms with Crippen molar-refractivity contribution in [3.8, 4) is 0 Å². The van der Waals surface area contributed by atoms with Crippen molar-refractivity contribution in [3.05, 3.63) is 0 Å². The highest BCUT2D eigenvalue weighted by molar-refractivity contribution is 4.66. The van der Waals surface area contributed by atoms with Crippen LogP contribution in [0, 0.1) is 0 Å². The predicted octanol–water partition coefficient (Wildman–Crippen LogP) is 0.517. The maximum Gasteiger partial charge on any atom is 0.229 e. The lowest BCUT2D eigenvalue weighted by Crippen LogP contribution is -2.25. The molecule has 10 heavy (non-hydrogen) atoms. The van der Waals surface area contributed by atoms with Gasteiger partial charge in [0.2, 0.25) is 12.1 Å². The van der Waals surface area contributed by atoms with Gasteiger partial charge in [-0.15, -0.1) is 0 Å². The Labute approximate surface area is 58.3 Å². The highest BCUT2D eigenvalue weighted by Gasteiger charge is 2.39. The van der Waals surface area contributed by atoms with Gasteiger partial charge < -0.3 is 4.74 Å². The van der Waals surface area contributed by atoms with E-state index in [-0.39, 0.29) is 0 Å². The molecule has 0 unspecified atom stereocenters. The second-order valence-electron chi connectivity index (χ2n) is 2.26. The van der Waals surface area contributed by atoms with Gasteiger partial charge in [0.25, 0.3) is 0 Å². The first-order valence-corrected chi connectivity index (χ1v) is 2.90. The van der Waals surface area contributed by atoms with E-state index < -0.39 is 12.1 Å². The summed E-state index contributed by atoms with van der Waals surface area (Å²) < 4.78 is 4.89. The molecule has 1 fully saturated rings. The summed E-state index contributed by atoms with van der Waals surface area (Å²) in [6.07, 6.45) is -0.398. The van der Waals surface area contributed by atoms with Gasteiger partial charge in [0.05, 0.1) is 6.42 Å². The van der Waals surface area contributed by atoms with Crippen LogP contribution in [0.4, 0.5) is 0 Å². The van der Waals surface area contributed by atoms with E-state index in [1.807, 2.05) is 0 Å². The molecule has 0 bridgehead atoms. The van der Waals surface area contributed by atoms with Crippen molar-refractivity contribution in [2.75, 3.05) is 7.11 Å². The molecule has 0 aromatic carbocycles. The van der Waals surface area contributed by atoms with Gasteiger partial charge in [-0.1, -0.05) is 0 Å². The molecular weight excluding hydrogens is 140 g/mol. The lowest BCUT2D eigenvalue weighted by molar-refractivity contribution is -0.441. The molecule has 2 atom stereocenters. The van der Waals surface area contributed by atoms with Gasteiger partial charge in [0, 0.05) is 7.11 Å². The van der Waals surface area contributed by atoms with Crippen molar-refractivity contribution < 1.29 is 24.7 Å². The SMILES string of the molecule is CO[C@]1(C)C[C@@H](OO)OO1. The monoisotopic (exact) mass is 150 g/mol. The molecule has 60 valence electrons. The third-order valence-electron chi connectivity index (χ3n) is 1.42. The fraction of sp³-hybridized carbons (Fsp3) is 1.00. The molecule has 0 aromatic heterocycles. The molecule has 1 aliphatic rings. The fourth-order valence-corrected chi connectivity index (χ4v) is 0.698. The lowest BCUT2D eigenvalue weighted by Gasteiger charge is -2.16. The summed E-state index contributed by atoms with van der Waals surface area (Å²) in [4.78, 5) is 13.1. The van der Waals surface area contributed by atoms with Crippen LogP contribution in [0.15, 0.2) is 0 Å². The maximum atomic E-state index is 8.13. The molecule has 1 N–H and O–H groups in total. The highest BCUT2D eigenvalue weighted by atomic mass is 17.3. The third-order valence-corrected chi connectivity index (χ3v) is 1.42. The molecule has 1 rings (SSSR count). The van der Waals surface area contributed by atoms with Gasteiger partial charge in [-0.3, -0.25) is 0 Å². The quantitative estimate of drug-likeness (QED) is 0.459. The van der Waals surface area contributed by atoms with E-state index >= 15 is 0 Å². The van der Waals surface area contributed by atoms with Gasteiger partial charge >= 0.3 is 0 Å². The second-order valence-corrected chi connectivity index (χ2v) is 2.26. The number of hydrogen-bond acceptors (Lipinski definition) is 5. The Hall–Kier alpha value is -0.200. The first-order chi connectivity index (χ1) is 4.70. The normalized spacial score (nSPS) is 40.5. The van der Waals surface area contributed by atoms with E-state index in [9.17, 15) is 0 Å². The van der Waals surface area contributed by atoms with E-state index in [1.54, 1.807) is 6.92 Å². The van der Waals surface area contributed by atoms with Crippen LogP contribution in [0.2, 0.25) is 0 Å². The van der Waals surface area contributed by atoms with Crippen molar-refractivity contribution >= 4 is 0 Å². The first-order valence-electron chi connectivity index (χ1n) is 2.90. The Morgan fingerprint density at radius 3 is 2.70 bits per heavy atom. The number of hydrogen-bond donors (Lipinski definition) is 1. The zero-order valence-electron chi connectivity index (χ0n) is 5.86. The summed E-state index contributed by atoms with van der Waals surface area (Å²) in [5.74, 6) is -0.798. The minimum atomic E-state index is -0.798. The molecule has 1 heterocycles. The average molecular weight is 150 g/mol. The molecule has 0 amide bonds. The van der Waals surface area contributed by atoms with E-state index in [1.165, 1.54) is 7.11 Å². The Morgan fingerprint density at radius 1 is 1.70 bits per heavy atom. The van der Waals surface area contributed by atoms with Gasteiger partial charge in [-0.25, -0.2) is 10.1 Å². The summed E-state index contributed by atoms with van der Waals surface area (Å²) in [6.45, 7) is 1.69. The van der Waals surface area contributed by atoms with Gasteiger partial charge in [0.1, 0.15) is 0 Å². The van der Waals surface area contributed by atoms with Crippen LogP contribution in [0.25, 0.3) is 0 Å². The summed E-state index contributed by atoms with van der Waals surface area (Å²) in [5, 5.41) is 8.13. The minimum absolute atomic E-state index is 0.347. The summed E-state index contributed by atoms with van der Waals surface area (Å²) in [7, 11) is 1.49. The Kier molecular flexibility index (Phi) is 2.22. The minimum Gasteiger partial charge on any atom is -0.351 e. The molecule has 1 aliphatic heterocycles. The van der Waals surface area contributed by atoms with Crippen molar-refractivity contribution in [2.24, 2.45) is 0 Å². The smallest absolute Gasteiger partial charge is 0.229 e. The molecular formula is C5H10O5. The number of rotatable bonds is 2. The predicted molar refractivity (Wildman–Crippen MR) is 29.7 cm³/mol. The van der Waals surface area contributed by atoms with E-state index in [0.717, 1.165) is 0 Å². The van der Waals surface area contributed by atoms with E-state index in [2.05, 4.69) is 14.7 Å². The summed E-state index contributed by atoms with van der Waals surface area (Å²) in [5.41, 5.74) is 0. The van der Waals surface area contributed by atoms with Crippen molar-refractivity contribution in [1.82, 2.24) is 0 Å². The Morgan fingerprint density at radius 2 is 2.40 bits per heavy atom. The molecule has 5 nitrogen and oxygen atoms in total. The molecule has 0 saturated carbocycles. The topological polar surface area (TPSA) is 57.2 Å². The second kappa shape index (κ2) is 2.81. The zero-order chi connectivity index (χ0) is 7.61. The molecule has 0 aliphatic carbocycles. The van der Waals surface area contributed by atoms with Crippen molar-refractivity contribution in [2.45, 2.75) is 25.4 Å². The average Bonchev–Trinajstić information content (AvgIpc) is 2.33. The third kappa shape index (κ3) is 1.44. The Balaban J connectivity index is 2.41. The standard InChI is InChI=1S/C5H10O5/c1-5(7-2)3-4(8-6)9-10-5/h4,6H,3H2,1-2H3/t4-,5-/m0/s1. The fourth-order valence-electron chi connectivity index (χ4n) is 0.698. The maximum absolute atomic E-state index is 8.13. The molecule has 5 heteroatoms. The van der Waals surface area contributed by atoms with Crippen molar-refractivity contribution in [1.29, 1.82) is 0 Å².